The van der Waals surface area contributed by atoms with Crippen LogP contribution in [0.3, 0.4) is 0 Å². The van der Waals surface area contributed by atoms with E-state index >= 15 is 0 Å². The fourth-order valence-corrected chi connectivity index (χ4v) is 2.39. The van der Waals surface area contributed by atoms with Gasteiger partial charge in [0.2, 0.25) is 11.6 Å². The van der Waals surface area contributed by atoms with Crippen molar-refractivity contribution in [3.05, 3.63) is 47.6 Å². The Bertz CT molecular complexity index is 729. The standard InChI is InChI=1S/C13H9N3O3S/c17-9(12(18)13-14-7-15-16-13)6-8-3-4-10(19-8)11-2-1-5-20-11/h1-5,7H,6H2,(H,14,15,16). The molecule has 3 aromatic rings. The Labute approximate surface area is 117 Å². The van der Waals surface area contributed by atoms with Crippen LogP contribution in [0.25, 0.3) is 10.6 Å². The average molecular weight is 287 g/mol. The quantitative estimate of drug-likeness (QED) is 0.573. The van der Waals surface area contributed by atoms with E-state index in [2.05, 4.69) is 15.2 Å². The van der Waals surface area contributed by atoms with E-state index in [1.807, 2.05) is 17.5 Å². The van der Waals surface area contributed by atoms with E-state index in [0.717, 1.165) is 4.88 Å². The van der Waals surface area contributed by atoms with E-state index in [1.54, 1.807) is 23.5 Å². The van der Waals surface area contributed by atoms with E-state index in [-0.39, 0.29) is 12.2 Å². The molecule has 0 aliphatic heterocycles. The summed E-state index contributed by atoms with van der Waals surface area (Å²) in [6, 6.07) is 7.32. The van der Waals surface area contributed by atoms with Crippen LogP contribution >= 0.6 is 11.3 Å². The maximum atomic E-state index is 11.8. The summed E-state index contributed by atoms with van der Waals surface area (Å²) in [5.74, 6) is -0.313. The van der Waals surface area contributed by atoms with Gasteiger partial charge in [-0.25, -0.2) is 4.98 Å². The third-order valence-electron chi connectivity index (χ3n) is 2.63. The van der Waals surface area contributed by atoms with Gasteiger partial charge in [0, 0.05) is 0 Å². The molecule has 7 heteroatoms. The smallest absolute Gasteiger partial charge is 0.268 e. The van der Waals surface area contributed by atoms with Crippen molar-refractivity contribution in [2.75, 3.05) is 0 Å². The second kappa shape index (κ2) is 5.22. The van der Waals surface area contributed by atoms with Crippen LogP contribution in [0.1, 0.15) is 16.4 Å². The summed E-state index contributed by atoms with van der Waals surface area (Å²) in [6.45, 7) is 0. The van der Waals surface area contributed by atoms with Gasteiger partial charge in [0.15, 0.2) is 0 Å². The van der Waals surface area contributed by atoms with Gasteiger partial charge in [-0.3, -0.25) is 14.7 Å². The first kappa shape index (κ1) is 12.5. The SMILES string of the molecule is O=C(Cc1ccc(-c2cccs2)o1)C(=O)c1nc[nH]n1. The zero-order valence-electron chi connectivity index (χ0n) is 10.2. The van der Waals surface area contributed by atoms with Gasteiger partial charge in [-0.05, 0) is 23.6 Å². The number of Topliss-reactive ketones (excluding diaryl/α,β-unsaturated/α-hetero) is 2. The molecule has 20 heavy (non-hydrogen) atoms. The first-order valence-corrected chi connectivity index (χ1v) is 6.68. The lowest BCUT2D eigenvalue weighted by molar-refractivity contribution is -0.114. The maximum absolute atomic E-state index is 11.8. The normalized spacial score (nSPS) is 10.6. The average Bonchev–Trinajstić information content (AvgIpc) is 3.19. The highest BCUT2D eigenvalue weighted by Crippen LogP contribution is 2.26. The molecule has 3 rings (SSSR count). The summed E-state index contributed by atoms with van der Waals surface area (Å²) in [5.41, 5.74) is 0. The van der Waals surface area contributed by atoms with Gasteiger partial charge in [0.05, 0.1) is 11.3 Å². The Hall–Kier alpha value is -2.54. The highest BCUT2D eigenvalue weighted by molar-refractivity contribution is 7.13. The molecule has 0 unspecified atom stereocenters. The minimum atomic E-state index is -0.722. The van der Waals surface area contributed by atoms with Crippen LogP contribution in [0, 0.1) is 0 Å². The molecule has 0 saturated heterocycles. The van der Waals surface area contributed by atoms with E-state index in [9.17, 15) is 9.59 Å². The summed E-state index contributed by atoms with van der Waals surface area (Å²) in [6.07, 6.45) is 1.15. The molecule has 0 aliphatic carbocycles. The van der Waals surface area contributed by atoms with Gasteiger partial charge in [0.1, 0.15) is 17.8 Å². The number of nitrogens with zero attached hydrogens (tertiary/aromatic N) is 2. The largest absolute Gasteiger partial charge is 0.460 e. The Morgan fingerprint density at radius 1 is 1.30 bits per heavy atom. The molecule has 100 valence electrons. The maximum Gasteiger partial charge on any atom is 0.268 e. The molecule has 0 spiro atoms. The number of furan rings is 1. The van der Waals surface area contributed by atoms with Crippen molar-refractivity contribution in [2.45, 2.75) is 6.42 Å². The predicted octanol–water partition coefficient (Wildman–Crippen LogP) is 2.12. The number of carbonyl (C=O) groups excluding carboxylic acids is 2. The van der Waals surface area contributed by atoms with Crippen LogP contribution in [0.2, 0.25) is 0 Å². The highest BCUT2D eigenvalue weighted by Gasteiger charge is 2.21. The molecule has 3 aromatic heterocycles. The number of hydrogen-bond acceptors (Lipinski definition) is 6. The van der Waals surface area contributed by atoms with Gasteiger partial charge >= 0.3 is 0 Å². The molecule has 0 saturated carbocycles. The number of H-pyrrole nitrogens is 1. The van der Waals surface area contributed by atoms with Crippen molar-refractivity contribution >= 4 is 22.9 Å². The summed E-state index contributed by atoms with van der Waals surface area (Å²) in [4.78, 5) is 28.2. The zero-order valence-corrected chi connectivity index (χ0v) is 11.0. The second-order valence-corrected chi connectivity index (χ2v) is 4.94. The van der Waals surface area contributed by atoms with Crippen molar-refractivity contribution in [1.29, 1.82) is 0 Å². The van der Waals surface area contributed by atoms with E-state index in [1.165, 1.54) is 6.33 Å². The van der Waals surface area contributed by atoms with Crippen molar-refractivity contribution in [2.24, 2.45) is 0 Å². The number of carbonyl (C=O) groups is 2. The van der Waals surface area contributed by atoms with Gasteiger partial charge in [-0.1, -0.05) is 6.07 Å². The molecule has 3 heterocycles. The first-order valence-electron chi connectivity index (χ1n) is 5.80. The van der Waals surface area contributed by atoms with Crippen molar-refractivity contribution in [3.8, 4) is 10.6 Å². The molecule has 0 fully saturated rings. The number of rotatable bonds is 5. The minimum Gasteiger partial charge on any atom is -0.460 e. The molecule has 1 N–H and O–H groups in total. The molecule has 0 aromatic carbocycles. The lowest BCUT2D eigenvalue weighted by atomic mass is 10.1. The number of ketones is 2. The molecule has 6 nitrogen and oxygen atoms in total. The fourth-order valence-electron chi connectivity index (χ4n) is 1.71. The van der Waals surface area contributed by atoms with Crippen molar-refractivity contribution in [1.82, 2.24) is 15.2 Å². The van der Waals surface area contributed by atoms with Crippen molar-refractivity contribution in [3.63, 3.8) is 0 Å². The monoisotopic (exact) mass is 287 g/mol. The van der Waals surface area contributed by atoms with Crippen molar-refractivity contribution < 1.29 is 14.0 Å². The highest BCUT2D eigenvalue weighted by atomic mass is 32.1. The van der Waals surface area contributed by atoms with Crippen LogP contribution in [0.15, 0.2) is 40.4 Å². The number of hydrogen-bond donors (Lipinski definition) is 1. The lowest BCUT2D eigenvalue weighted by Gasteiger charge is -1.95. The van der Waals surface area contributed by atoms with Crippen LogP contribution < -0.4 is 0 Å². The van der Waals surface area contributed by atoms with Gasteiger partial charge in [-0.2, -0.15) is 0 Å². The number of thiophene rings is 1. The van der Waals surface area contributed by atoms with Crippen LogP contribution in [0.4, 0.5) is 0 Å². The van der Waals surface area contributed by atoms with Crippen LogP contribution in [-0.4, -0.2) is 26.7 Å². The molecular formula is C13H9N3O3S. The van der Waals surface area contributed by atoms with Gasteiger partial charge < -0.3 is 4.42 Å². The van der Waals surface area contributed by atoms with Gasteiger partial charge in [-0.15, -0.1) is 16.4 Å². The van der Waals surface area contributed by atoms with E-state index in [4.69, 9.17) is 4.42 Å². The minimum absolute atomic E-state index is 0.0985. The Kier molecular flexibility index (Phi) is 3.26. The summed E-state index contributed by atoms with van der Waals surface area (Å²) < 4.78 is 5.55. The Morgan fingerprint density at radius 3 is 2.90 bits per heavy atom. The molecular weight excluding hydrogens is 278 g/mol. The third kappa shape index (κ3) is 2.43. The lowest BCUT2D eigenvalue weighted by Crippen LogP contribution is -2.17. The van der Waals surface area contributed by atoms with E-state index in [0.29, 0.717) is 11.5 Å². The Balaban J connectivity index is 1.72. The molecule has 0 atom stereocenters. The molecule has 0 aliphatic rings. The number of aromatic amines is 1. The number of nitrogens with one attached hydrogen (secondary N) is 1. The molecule has 0 amide bonds. The van der Waals surface area contributed by atoms with Gasteiger partial charge in [0.25, 0.3) is 5.78 Å². The number of aromatic nitrogens is 3. The fraction of sp³-hybridized carbons (Fsp3) is 0.0769. The third-order valence-corrected chi connectivity index (χ3v) is 3.52. The Morgan fingerprint density at radius 2 is 2.20 bits per heavy atom. The molecule has 0 radical (unpaired) electrons. The summed E-state index contributed by atoms with van der Waals surface area (Å²) in [5, 5.41) is 7.93. The molecule has 0 bridgehead atoms. The first-order chi connectivity index (χ1) is 9.74. The van der Waals surface area contributed by atoms with Crippen LogP contribution in [-0.2, 0) is 11.2 Å². The summed E-state index contributed by atoms with van der Waals surface area (Å²) in [7, 11) is 0. The topological polar surface area (TPSA) is 88.9 Å². The zero-order chi connectivity index (χ0) is 13.9. The van der Waals surface area contributed by atoms with E-state index < -0.39 is 11.6 Å². The summed E-state index contributed by atoms with van der Waals surface area (Å²) >= 11 is 1.54. The van der Waals surface area contributed by atoms with Crippen LogP contribution in [0.5, 0.6) is 0 Å². The predicted molar refractivity (Wildman–Crippen MR) is 71.4 cm³/mol. The second-order valence-electron chi connectivity index (χ2n) is 4.00.